The van der Waals surface area contributed by atoms with Crippen LogP contribution in [0.15, 0.2) is 66.7 Å². The standard InChI is InChI=1S/C22H21FN2O2/c1-15(26)25-21(13-16-9-11-19(23)12-10-16)22(27)24-14-18-7-4-6-17-5-2-3-8-20(17)18/h2-12,21H,13-14H2,1H3,(H,24,27)(H,25,26). The van der Waals surface area contributed by atoms with Crippen LogP contribution in [0.2, 0.25) is 0 Å². The highest BCUT2D eigenvalue weighted by atomic mass is 19.1. The summed E-state index contributed by atoms with van der Waals surface area (Å²) < 4.78 is 13.1. The first-order valence-corrected chi connectivity index (χ1v) is 8.79. The normalized spacial score (nSPS) is 11.8. The highest BCUT2D eigenvalue weighted by molar-refractivity contribution is 5.88. The molecule has 0 spiro atoms. The second-order valence-corrected chi connectivity index (χ2v) is 6.44. The molecule has 3 aromatic rings. The summed E-state index contributed by atoms with van der Waals surface area (Å²) in [6.45, 7) is 1.73. The quantitative estimate of drug-likeness (QED) is 0.705. The lowest BCUT2D eigenvalue weighted by Gasteiger charge is -2.18. The third-order valence-corrected chi connectivity index (χ3v) is 4.38. The van der Waals surface area contributed by atoms with E-state index >= 15 is 0 Å². The van der Waals surface area contributed by atoms with Crippen molar-refractivity contribution in [2.75, 3.05) is 0 Å². The van der Waals surface area contributed by atoms with E-state index < -0.39 is 6.04 Å². The van der Waals surface area contributed by atoms with E-state index in [9.17, 15) is 14.0 Å². The van der Waals surface area contributed by atoms with Gasteiger partial charge in [0, 0.05) is 19.9 Å². The maximum atomic E-state index is 13.1. The number of hydrogen-bond acceptors (Lipinski definition) is 2. The fraction of sp³-hybridized carbons (Fsp3) is 0.182. The molecule has 1 unspecified atom stereocenters. The first-order chi connectivity index (χ1) is 13.0. The molecule has 138 valence electrons. The number of rotatable bonds is 6. The first kappa shape index (κ1) is 18.6. The van der Waals surface area contributed by atoms with Gasteiger partial charge in [0.1, 0.15) is 11.9 Å². The number of carbonyl (C=O) groups excluding carboxylic acids is 2. The van der Waals surface area contributed by atoms with Crippen molar-refractivity contribution in [1.29, 1.82) is 0 Å². The van der Waals surface area contributed by atoms with E-state index in [2.05, 4.69) is 10.6 Å². The molecule has 0 heterocycles. The van der Waals surface area contributed by atoms with Crippen molar-refractivity contribution < 1.29 is 14.0 Å². The Morgan fingerprint density at radius 3 is 2.41 bits per heavy atom. The van der Waals surface area contributed by atoms with E-state index in [0.29, 0.717) is 13.0 Å². The molecular weight excluding hydrogens is 343 g/mol. The molecule has 3 rings (SSSR count). The molecule has 4 nitrogen and oxygen atoms in total. The van der Waals surface area contributed by atoms with Gasteiger partial charge in [0.15, 0.2) is 0 Å². The number of nitrogens with one attached hydrogen (secondary N) is 2. The third kappa shape index (κ3) is 4.91. The largest absolute Gasteiger partial charge is 0.350 e. The zero-order valence-electron chi connectivity index (χ0n) is 15.0. The Hall–Kier alpha value is -3.21. The summed E-state index contributed by atoms with van der Waals surface area (Å²) >= 11 is 0. The number of benzene rings is 3. The zero-order chi connectivity index (χ0) is 19.2. The number of hydrogen-bond donors (Lipinski definition) is 2. The van der Waals surface area contributed by atoms with Gasteiger partial charge in [-0.25, -0.2) is 4.39 Å². The number of halogens is 1. The Kier molecular flexibility index (Phi) is 5.81. The second-order valence-electron chi connectivity index (χ2n) is 6.44. The SMILES string of the molecule is CC(=O)NC(Cc1ccc(F)cc1)C(=O)NCc1cccc2ccccc12. The van der Waals surface area contributed by atoms with E-state index in [-0.39, 0.29) is 17.6 Å². The molecule has 0 radical (unpaired) electrons. The molecule has 0 saturated carbocycles. The molecule has 0 aliphatic heterocycles. The molecule has 2 amide bonds. The fourth-order valence-electron chi connectivity index (χ4n) is 3.06. The summed E-state index contributed by atoms with van der Waals surface area (Å²) in [7, 11) is 0. The van der Waals surface area contributed by atoms with Crippen LogP contribution in [0.3, 0.4) is 0 Å². The highest BCUT2D eigenvalue weighted by Crippen LogP contribution is 2.18. The topological polar surface area (TPSA) is 58.2 Å². The monoisotopic (exact) mass is 364 g/mol. The summed E-state index contributed by atoms with van der Waals surface area (Å²) in [5, 5.41) is 7.76. The summed E-state index contributed by atoms with van der Waals surface area (Å²) in [5.74, 6) is -0.903. The number of fused-ring (bicyclic) bond motifs is 1. The van der Waals surface area contributed by atoms with Gasteiger partial charge in [-0.2, -0.15) is 0 Å². The Morgan fingerprint density at radius 2 is 1.67 bits per heavy atom. The molecular formula is C22H21FN2O2. The minimum Gasteiger partial charge on any atom is -0.350 e. The van der Waals surface area contributed by atoms with E-state index in [4.69, 9.17) is 0 Å². The second kappa shape index (κ2) is 8.45. The molecule has 3 aromatic carbocycles. The summed E-state index contributed by atoms with van der Waals surface area (Å²) in [6.07, 6.45) is 0.293. The number of carbonyl (C=O) groups is 2. The molecule has 0 fully saturated rings. The van der Waals surface area contributed by atoms with Gasteiger partial charge in [-0.3, -0.25) is 9.59 Å². The zero-order valence-corrected chi connectivity index (χ0v) is 15.0. The van der Waals surface area contributed by atoms with Crippen LogP contribution in [0.25, 0.3) is 10.8 Å². The van der Waals surface area contributed by atoms with Crippen LogP contribution < -0.4 is 10.6 Å². The van der Waals surface area contributed by atoms with Crippen molar-refractivity contribution >= 4 is 22.6 Å². The van der Waals surface area contributed by atoms with E-state index in [1.54, 1.807) is 12.1 Å². The van der Waals surface area contributed by atoms with Crippen LogP contribution in [-0.2, 0) is 22.6 Å². The smallest absolute Gasteiger partial charge is 0.243 e. The van der Waals surface area contributed by atoms with Gasteiger partial charge in [-0.05, 0) is 34.0 Å². The molecule has 5 heteroatoms. The Balaban J connectivity index is 1.71. The van der Waals surface area contributed by atoms with Crippen LogP contribution in [-0.4, -0.2) is 17.9 Å². The van der Waals surface area contributed by atoms with E-state index in [1.165, 1.54) is 19.1 Å². The average Bonchev–Trinajstić information content (AvgIpc) is 2.67. The van der Waals surface area contributed by atoms with E-state index in [1.807, 2.05) is 42.5 Å². The Morgan fingerprint density at radius 1 is 0.963 bits per heavy atom. The highest BCUT2D eigenvalue weighted by Gasteiger charge is 2.20. The minimum atomic E-state index is -0.720. The average molecular weight is 364 g/mol. The Labute approximate surface area is 157 Å². The van der Waals surface area contributed by atoms with Crippen molar-refractivity contribution in [3.63, 3.8) is 0 Å². The van der Waals surface area contributed by atoms with Crippen LogP contribution in [0, 0.1) is 5.82 Å². The van der Waals surface area contributed by atoms with Gasteiger partial charge < -0.3 is 10.6 Å². The van der Waals surface area contributed by atoms with Crippen molar-refractivity contribution in [2.24, 2.45) is 0 Å². The van der Waals surface area contributed by atoms with Gasteiger partial charge >= 0.3 is 0 Å². The predicted octanol–water partition coefficient (Wildman–Crippen LogP) is 3.34. The molecule has 0 aromatic heterocycles. The molecule has 0 aliphatic rings. The molecule has 0 saturated heterocycles. The number of amides is 2. The van der Waals surface area contributed by atoms with Crippen LogP contribution >= 0.6 is 0 Å². The van der Waals surface area contributed by atoms with Crippen LogP contribution in [0.4, 0.5) is 4.39 Å². The van der Waals surface area contributed by atoms with Crippen molar-refractivity contribution in [3.05, 3.63) is 83.7 Å². The lowest BCUT2D eigenvalue weighted by molar-refractivity contribution is -0.128. The van der Waals surface area contributed by atoms with Crippen molar-refractivity contribution in [2.45, 2.75) is 25.9 Å². The summed E-state index contributed by atoms with van der Waals surface area (Å²) in [5.41, 5.74) is 1.78. The molecule has 0 aliphatic carbocycles. The van der Waals surface area contributed by atoms with Crippen LogP contribution in [0.1, 0.15) is 18.1 Å². The van der Waals surface area contributed by atoms with Crippen molar-refractivity contribution in [1.82, 2.24) is 10.6 Å². The molecule has 2 N–H and O–H groups in total. The maximum Gasteiger partial charge on any atom is 0.243 e. The lowest BCUT2D eigenvalue weighted by Crippen LogP contribution is -2.47. The molecule has 0 bridgehead atoms. The lowest BCUT2D eigenvalue weighted by atomic mass is 10.0. The summed E-state index contributed by atoms with van der Waals surface area (Å²) in [4.78, 5) is 24.2. The van der Waals surface area contributed by atoms with E-state index in [0.717, 1.165) is 21.9 Å². The van der Waals surface area contributed by atoms with Gasteiger partial charge in [0.2, 0.25) is 11.8 Å². The Bertz CT molecular complexity index is 949. The van der Waals surface area contributed by atoms with Crippen molar-refractivity contribution in [3.8, 4) is 0 Å². The fourth-order valence-corrected chi connectivity index (χ4v) is 3.06. The molecule has 1 atom stereocenters. The minimum absolute atomic E-state index is 0.276. The maximum absolute atomic E-state index is 13.1. The third-order valence-electron chi connectivity index (χ3n) is 4.38. The van der Waals surface area contributed by atoms with Gasteiger partial charge in [0.05, 0.1) is 0 Å². The van der Waals surface area contributed by atoms with Gasteiger partial charge in [-0.15, -0.1) is 0 Å². The summed E-state index contributed by atoms with van der Waals surface area (Å²) in [6, 6.07) is 19.1. The molecule has 27 heavy (non-hydrogen) atoms. The van der Waals surface area contributed by atoms with Crippen LogP contribution in [0.5, 0.6) is 0 Å². The van der Waals surface area contributed by atoms with Gasteiger partial charge in [0.25, 0.3) is 0 Å². The first-order valence-electron chi connectivity index (χ1n) is 8.79. The van der Waals surface area contributed by atoms with Gasteiger partial charge in [-0.1, -0.05) is 54.6 Å². The predicted molar refractivity (Wildman–Crippen MR) is 104 cm³/mol.